The molecular formula is C16H19N3O2S. The van der Waals surface area contributed by atoms with Gasteiger partial charge in [-0.15, -0.1) is 0 Å². The Morgan fingerprint density at radius 2 is 1.86 bits per heavy atom. The Kier molecular flexibility index (Phi) is 4.02. The fourth-order valence-electron chi connectivity index (χ4n) is 2.09. The molecule has 0 unspecified atom stereocenters. The zero-order valence-corrected chi connectivity index (χ0v) is 13.2. The number of nitrogens with one attached hydrogen (secondary N) is 2. The molecule has 5 nitrogen and oxygen atoms in total. The first kappa shape index (κ1) is 14.8. The van der Waals surface area contributed by atoms with Crippen molar-refractivity contribution in [3.05, 3.63) is 48.2 Å². The third-order valence-corrected chi connectivity index (χ3v) is 4.98. The van der Waals surface area contributed by atoms with Crippen LogP contribution in [0.3, 0.4) is 0 Å². The Bertz CT molecular complexity index is 736. The molecule has 0 saturated heterocycles. The van der Waals surface area contributed by atoms with Gasteiger partial charge in [0.25, 0.3) is 10.0 Å². The molecule has 1 aromatic heterocycles. The van der Waals surface area contributed by atoms with Crippen LogP contribution in [0.15, 0.2) is 47.5 Å². The molecule has 1 saturated carbocycles. The molecule has 3 rings (SSSR count). The van der Waals surface area contributed by atoms with Crippen LogP contribution in [0.2, 0.25) is 0 Å². The van der Waals surface area contributed by atoms with E-state index in [9.17, 15) is 8.42 Å². The predicted molar refractivity (Wildman–Crippen MR) is 87.5 cm³/mol. The van der Waals surface area contributed by atoms with E-state index in [1.54, 1.807) is 24.3 Å². The molecule has 0 amide bonds. The van der Waals surface area contributed by atoms with E-state index in [2.05, 4.69) is 15.0 Å². The minimum Gasteiger partial charge on any atom is -0.367 e. The second kappa shape index (κ2) is 5.96. The summed E-state index contributed by atoms with van der Waals surface area (Å²) in [4.78, 5) is 4.48. The molecule has 2 aromatic rings. The van der Waals surface area contributed by atoms with Crippen LogP contribution < -0.4 is 10.0 Å². The van der Waals surface area contributed by atoms with Gasteiger partial charge in [-0.25, -0.2) is 13.4 Å². The summed E-state index contributed by atoms with van der Waals surface area (Å²) >= 11 is 0. The summed E-state index contributed by atoms with van der Waals surface area (Å²) in [7, 11) is -3.57. The minimum atomic E-state index is -3.57. The van der Waals surface area contributed by atoms with Crippen molar-refractivity contribution < 1.29 is 8.42 Å². The second-order valence-corrected chi connectivity index (χ2v) is 7.14. The quantitative estimate of drug-likeness (QED) is 0.859. The number of rotatable bonds is 6. The van der Waals surface area contributed by atoms with E-state index in [-0.39, 0.29) is 4.90 Å². The third kappa shape index (κ3) is 3.57. The average molecular weight is 317 g/mol. The molecule has 116 valence electrons. The Labute approximate surface area is 130 Å². The maximum Gasteiger partial charge on any atom is 0.261 e. The van der Waals surface area contributed by atoms with Crippen molar-refractivity contribution in [2.45, 2.75) is 37.1 Å². The molecule has 1 aliphatic carbocycles. The molecule has 6 heteroatoms. The number of aromatic nitrogens is 1. The van der Waals surface area contributed by atoms with Crippen LogP contribution in [-0.2, 0) is 16.4 Å². The number of sulfonamides is 1. The summed E-state index contributed by atoms with van der Waals surface area (Å²) in [5.74, 6) is 0.776. The maximum absolute atomic E-state index is 12.3. The van der Waals surface area contributed by atoms with Gasteiger partial charge in [0.1, 0.15) is 5.82 Å². The fourth-order valence-corrected chi connectivity index (χ4v) is 3.14. The number of hydrogen-bond donors (Lipinski definition) is 2. The number of aryl methyl sites for hydroxylation is 1. The van der Waals surface area contributed by atoms with Crippen molar-refractivity contribution in [3.63, 3.8) is 0 Å². The summed E-state index contributed by atoms with van der Waals surface area (Å²) in [6.07, 6.45) is 4.75. The van der Waals surface area contributed by atoms with Crippen LogP contribution in [0.1, 0.15) is 25.3 Å². The molecule has 0 bridgehead atoms. The zero-order chi connectivity index (χ0) is 15.6. The maximum atomic E-state index is 12.3. The summed E-state index contributed by atoms with van der Waals surface area (Å²) < 4.78 is 27.2. The largest absolute Gasteiger partial charge is 0.367 e. The monoisotopic (exact) mass is 317 g/mol. The van der Waals surface area contributed by atoms with Crippen molar-refractivity contribution in [1.29, 1.82) is 0 Å². The standard InChI is InChI=1S/C16H19N3O2S/c1-2-12-3-8-15(9-4-12)22(20,21)19-14-7-10-16(17-11-14)18-13-5-6-13/h3-4,7-11,13,19H,2,5-6H2,1H3,(H,17,18). The minimum absolute atomic E-state index is 0.255. The molecule has 0 radical (unpaired) electrons. The fraction of sp³-hybridized carbons (Fsp3) is 0.312. The van der Waals surface area contributed by atoms with Gasteiger partial charge in [-0.2, -0.15) is 0 Å². The Balaban J connectivity index is 1.72. The van der Waals surface area contributed by atoms with E-state index in [4.69, 9.17) is 0 Å². The summed E-state index contributed by atoms with van der Waals surface area (Å²) in [6, 6.07) is 10.9. The van der Waals surface area contributed by atoms with E-state index in [1.807, 2.05) is 19.1 Å². The van der Waals surface area contributed by atoms with Crippen molar-refractivity contribution in [1.82, 2.24) is 4.98 Å². The van der Waals surface area contributed by atoms with Crippen LogP contribution in [0.25, 0.3) is 0 Å². The van der Waals surface area contributed by atoms with E-state index < -0.39 is 10.0 Å². The van der Waals surface area contributed by atoms with Crippen molar-refractivity contribution in [2.75, 3.05) is 10.0 Å². The molecule has 1 aromatic carbocycles. The molecule has 22 heavy (non-hydrogen) atoms. The van der Waals surface area contributed by atoms with Crippen LogP contribution in [-0.4, -0.2) is 19.4 Å². The molecule has 1 heterocycles. The van der Waals surface area contributed by atoms with Gasteiger partial charge in [0.15, 0.2) is 0 Å². The number of pyridine rings is 1. The first-order valence-electron chi connectivity index (χ1n) is 7.41. The van der Waals surface area contributed by atoms with Crippen molar-refractivity contribution in [3.8, 4) is 0 Å². The smallest absolute Gasteiger partial charge is 0.261 e. The highest BCUT2D eigenvalue weighted by Crippen LogP contribution is 2.24. The number of anilines is 2. The first-order chi connectivity index (χ1) is 10.6. The normalized spacial score (nSPS) is 14.6. The van der Waals surface area contributed by atoms with Crippen molar-refractivity contribution >= 4 is 21.5 Å². The van der Waals surface area contributed by atoms with Gasteiger partial charge in [0.05, 0.1) is 16.8 Å². The second-order valence-electron chi connectivity index (χ2n) is 5.45. The third-order valence-electron chi connectivity index (χ3n) is 3.59. The van der Waals surface area contributed by atoms with Gasteiger partial charge >= 0.3 is 0 Å². The lowest BCUT2D eigenvalue weighted by molar-refractivity contribution is 0.601. The van der Waals surface area contributed by atoms with E-state index in [1.165, 1.54) is 19.0 Å². The molecular weight excluding hydrogens is 298 g/mol. The van der Waals surface area contributed by atoms with E-state index >= 15 is 0 Å². The molecule has 2 N–H and O–H groups in total. The summed E-state index contributed by atoms with van der Waals surface area (Å²) in [6.45, 7) is 2.03. The summed E-state index contributed by atoms with van der Waals surface area (Å²) in [5, 5.41) is 3.26. The Morgan fingerprint density at radius 3 is 2.41 bits per heavy atom. The predicted octanol–water partition coefficient (Wildman–Crippen LogP) is 3.02. The number of benzene rings is 1. The SMILES string of the molecule is CCc1ccc(S(=O)(=O)Nc2ccc(NC3CC3)nc2)cc1. The molecule has 0 atom stereocenters. The van der Waals surface area contributed by atoms with Crippen LogP contribution in [0.5, 0.6) is 0 Å². The highest BCUT2D eigenvalue weighted by Gasteiger charge is 2.21. The van der Waals surface area contributed by atoms with Gasteiger partial charge in [0.2, 0.25) is 0 Å². The van der Waals surface area contributed by atoms with E-state index in [0.717, 1.165) is 17.8 Å². The molecule has 0 spiro atoms. The lowest BCUT2D eigenvalue weighted by atomic mass is 10.2. The highest BCUT2D eigenvalue weighted by molar-refractivity contribution is 7.92. The number of hydrogen-bond acceptors (Lipinski definition) is 4. The molecule has 1 aliphatic rings. The van der Waals surface area contributed by atoms with Gasteiger partial charge in [-0.1, -0.05) is 19.1 Å². The topological polar surface area (TPSA) is 71.1 Å². The van der Waals surface area contributed by atoms with Gasteiger partial charge in [-0.05, 0) is 49.1 Å². The molecule has 0 aliphatic heterocycles. The van der Waals surface area contributed by atoms with Gasteiger partial charge in [-0.3, -0.25) is 4.72 Å². The lowest BCUT2D eigenvalue weighted by Crippen LogP contribution is -2.13. The first-order valence-corrected chi connectivity index (χ1v) is 8.89. The Hall–Kier alpha value is -2.08. The highest BCUT2D eigenvalue weighted by atomic mass is 32.2. The average Bonchev–Trinajstić information content (AvgIpc) is 3.33. The van der Waals surface area contributed by atoms with Crippen LogP contribution in [0.4, 0.5) is 11.5 Å². The van der Waals surface area contributed by atoms with E-state index in [0.29, 0.717) is 11.7 Å². The lowest BCUT2D eigenvalue weighted by Gasteiger charge is -2.09. The zero-order valence-electron chi connectivity index (χ0n) is 12.4. The van der Waals surface area contributed by atoms with Gasteiger partial charge < -0.3 is 5.32 Å². The Morgan fingerprint density at radius 1 is 1.14 bits per heavy atom. The number of nitrogens with zero attached hydrogens (tertiary/aromatic N) is 1. The summed E-state index contributed by atoms with van der Waals surface area (Å²) in [5.41, 5.74) is 1.57. The molecule has 1 fully saturated rings. The van der Waals surface area contributed by atoms with Crippen molar-refractivity contribution in [2.24, 2.45) is 0 Å². The van der Waals surface area contributed by atoms with Gasteiger partial charge in [0, 0.05) is 6.04 Å². The van der Waals surface area contributed by atoms with Crippen LogP contribution in [0, 0.1) is 0 Å². The van der Waals surface area contributed by atoms with Crippen LogP contribution >= 0.6 is 0 Å².